The van der Waals surface area contributed by atoms with E-state index in [9.17, 15) is 4.79 Å². The Labute approximate surface area is 128 Å². The van der Waals surface area contributed by atoms with Crippen molar-refractivity contribution in [2.45, 2.75) is 6.92 Å². The summed E-state index contributed by atoms with van der Waals surface area (Å²) in [6.45, 7) is 2.01. The molecule has 0 atom stereocenters. The van der Waals surface area contributed by atoms with Crippen molar-refractivity contribution in [1.29, 1.82) is 5.26 Å². The molecule has 1 amide bonds. The molecule has 0 heterocycles. The lowest BCUT2D eigenvalue weighted by molar-refractivity contribution is -0.114. The number of rotatable bonds is 4. The monoisotopic (exact) mass is 299 g/mol. The zero-order valence-electron chi connectivity index (χ0n) is 11.5. The second-order valence-electron chi connectivity index (χ2n) is 4.56. The number of benzene rings is 2. The Morgan fingerprint density at radius 3 is 2.76 bits per heavy atom. The van der Waals surface area contributed by atoms with Gasteiger partial charge in [-0.05, 0) is 42.8 Å². The van der Waals surface area contributed by atoms with E-state index in [1.165, 1.54) is 0 Å². The van der Waals surface area contributed by atoms with Crippen LogP contribution in [-0.2, 0) is 4.79 Å². The zero-order valence-corrected chi connectivity index (χ0v) is 12.2. The van der Waals surface area contributed by atoms with Gasteiger partial charge < -0.3 is 10.6 Å². The van der Waals surface area contributed by atoms with E-state index in [-0.39, 0.29) is 12.5 Å². The van der Waals surface area contributed by atoms with Crippen molar-refractivity contribution in [3.63, 3.8) is 0 Å². The van der Waals surface area contributed by atoms with Crippen LogP contribution in [-0.4, -0.2) is 12.5 Å². The van der Waals surface area contributed by atoms with Crippen LogP contribution in [0.3, 0.4) is 0 Å². The molecule has 0 bridgehead atoms. The van der Waals surface area contributed by atoms with Gasteiger partial charge in [-0.1, -0.05) is 23.7 Å². The van der Waals surface area contributed by atoms with E-state index in [4.69, 9.17) is 16.9 Å². The number of hydrogen-bond acceptors (Lipinski definition) is 3. The van der Waals surface area contributed by atoms with Gasteiger partial charge in [0.1, 0.15) is 0 Å². The highest BCUT2D eigenvalue weighted by Gasteiger charge is 2.04. The predicted octanol–water partition coefficient (Wildman–Crippen LogP) is 3.57. The number of nitrogens with one attached hydrogen (secondary N) is 2. The van der Waals surface area contributed by atoms with E-state index in [1.807, 2.05) is 13.0 Å². The first kappa shape index (κ1) is 14.9. The second kappa shape index (κ2) is 6.78. The summed E-state index contributed by atoms with van der Waals surface area (Å²) in [7, 11) is 0. The number of carbonyl (C=O) groups is 1. The van der Waals surface area contributed by atoms with Gasteiger partial charge in [0.15, 0.2) is 0 Å². The lowest BCUT2D eigenvalue weighted by atomic mass is 10.2. The third-order valence-electron chi connectivity index (χ3n) is 2.90. The van der Waals surface area contributed by atoms with Crippen LogP contribution in [0.15, 0.2) is 42.5 Å². The fourth-order valence-corrected chi connectivity index (χ4v) is 1.94. The van der Waals surface area contributed by atoms with E-state index >= 15 is 0 Å². The predicted molar refractivity (Wildman–Crippen MR) is 84.5 cm³/mol. The number of halogens is 1. The second-order valence-corrected chi connectivity index (χ2v) is 4.97. The van der Waals surface area contributed by atoms with Crippen LogP contribution in [0.5, 0.6) is 0 Å². The summed E-state index contributed by atoms with van der Waals surface area (Å²) in [6.07, 6.45) is 0. The van der Waals surface area contributed by atoms with E-state index in [1.54, 1.807) is 36.4 Å². The van der Waals surface area contributed by atoms with E-state index < -0.39 is 0 Å². The molecule has 0 aliphatic heterocycles. The van der Waals surface area contributed by atoms with E-state index in [0.29, 0.717) is 16.3 Å². The van der Waals surface area contributed by atoms with Crippen LogP contribution in [0.25, 0.3) is 0 Å². The summed E-state index contributed by atoms with van der Waals surface area (Å²) >= 11 is 6.01. The average Bonchev–Trinajstić information content (AvgIpc) is 2.49. The van der Waals surface area contributed by atoms with Crippen molar-refractivity contribution < 1.29 is 4.79 Å². The number of hydrogen-bond donors (Lipinski definition) is 2. The molecule has 0 radical (unpaired) electrons. The molecule has 0 aliphatic carbocycles. The molecular weight excluding hydrogens is 286 g/mol. The number of aryl methyl sites for hydroxylation is 1. The fraction of sp³-hybridized carbons (Fsp3) is 0.125. The Balaban J connectivity index is 1.92. The summed E-state index contributed by atoms with van der Waals surface area (Å²) in [5, 5.41) is 15.2. The van der Waals surface area contributed by atoms with Gasteiger partial charge in [0.25, 0.3) is 0 Å². The minimum absolute atomic E-state index is 0.111. The lowest BCUT2D eigenvalue weighted by Crippen LogP contribution is -2.21. The van der Waals surface area contributed by atoms with Gasteiger partial charge in [0.2, 0.25) is 5.91 Å². The molecule has 21 heavy (non-hydrogen) atoms. The van der Waals surface area contributed by atoms with E-state index in [2.05, 4.69) is 16.7 Å². The van der Waals surface area contributed by atoms with Gasteiger partial charge in [0.05, 0.1) is 18.2 Å². The number of amides is 1. The summed E-state index contributed by atoms with van der Waals surface area (Å²) in [5.41, 5.74) is 2.89. The van der Waals surface area contributed by atoms with Crippen molar-refractivity contribution in [3.8, 4) is 6.07 Å². The van der Waals surface area contributed by atoms with E-state index in [0.717, 1.165) is 11.3 Å². The molecule has 0 saturated heterocycles. The molecule has 0 spiro atoms. The van der Waals surface area contributed by atoms with Crippen LogP contribution in [0.4, 0.5) is 11.4 Å². The third-order valence-corrected chi connectivity index (χ3v) is 3.31. The molecule has 0 aromatic heterocycles. The molecule has 0 saturated carbocycles. The van der Waals surface area contributed by atoms with Crippen molar-refractivity contribution in [1.82, 2.24) is 0 Å². The Morgan fingerprint density at radius 1 is 1.24 bits per heavy atom. The van der Waals surface area contributed by atoms with Gasteiger partial charge in [-0.3, -0.25) is 4.79 Å². The van der Waals surface area contributed by atoms with Crippen LogP contribution in [0.1, 0.15) is 11.1 Å². The maximum atomic E-state index is 11.9. The zero-order chi connectivity index (χ0) is 15.2. The van der Waals surface area contributed by atoms with Gasteiger partial charge in [-0.25, -0.2) is 0 Å². The topological polar surface area (TPSA) is 64.9 Å². The van der Waals surface area contributed by atoms with Crippen molar-refractivity contribution in [3.05, 3.63) is 58.6 Å². The highest BCUT2D eigenvalue weighted by atomic mass is 35.5. The molecular formula is C16H14ClN3O. The van der Waals surface area contributed by atoms with Crippen molar-refractivity contribution >= 4 is 28.9 Å². The normalized spacial score (nSPS) is 9.76. The van der Waals surface area contributed by atoms with Gasteiger partial charge in [-0.2, -0.15) is 5.26 Å². The Morgan fingerprint density at radius 2 is 2.05 bits per heavy atom. The van der Waals surface area contributed by atoms with Crippen LogP contribution in [0.2, 0.25) is 5.02 Å². The molecule has 2 N–H and O–H groups in total. The summed E-state index contributed by atoms with van der Waals surface area (Å²) < 4.78 is 0. The minimum Gasteiger partial charge on any atom is -0.376 e. The van der Waals surface area contributed by atoms with Crippen LogP contribution < -0.4 is 10.6 Å². The average molecular weight is 300 g/mol. The number of nitrogens with zero attached hydrogens (tertiary/aromatic N) is 1. The molecule has 0 unspecified atom stereocenters. The quantitative estimate of drug-likeness (QED) is 0.907. The Bertz CT molecular complexity index is 707. The molecule has 0 fully saturated rings. The van der Waals surface area contributed by atoms with Crippen LogP contribution in [0, 0.1) is 18.3 Å². The summed E-state index contributed by atoms with van der Waals surface area (Å²) in [6, 6.07) is 14.4. The highest BCUT2D eigenvalue weighted by molar-refractivity contribution is 6.31. The number of carbonyl (C=O) groups excluding carboxylic acids is 1. The summed E-state index contributed by atoms with van der Waals surface area (Å²) in [4.78, 5) is 11.9. The molecule has 0 aliphatic rings. The van der Waals surface area contributed by atoms with Gasteiger partial charge in [-0.15, -0.1) is 0 Å². The highest BCUT2D eigenvalue weighted by Crippen LogP contribution is 2.19. The standard InChI is InChI=1S/C16H14ClN3O/c1-11-5-6-14(8-15(11)17)20-16(21)10-19-13-4-2-3-12(7-13)9-18/h2-8,19H,10H2,1H3,(H,20,21). The summed E-state index contributed by atoms with van der Waals surface area (Å²) in [5.74, 6) is -0.183. The first-order valence-corrected chi connectivity index (χ1v) is 6.76. The Hall–Kier alpha value is -2.51. The SMILES string of the molecule is Cc1ccc(NC(=O)CNc2cccc(C#N)c2)cc1Cl. The van der Waals surface area contributed by atoms with Gasteiger partial charge >= 0.3 is 0 Å². The van der Waals surface area contributed by atoms with Gasteiger partial charge in [0, 0.05) is 16.4 Å². The number of anilines is 2. The van der Waals surface area contributed by atoms with Crippen molar-refractivity contribution in [2.24, 2.45) is 0 Å². The van der Waals surface area contributed by atoms with Crippen molar-refractivity contribution in [2.75, 3.05) is 17.2 Å². The maximum Gasteiger partial charge on any atom is 0.243 e. The smallest absolute Gasteiger partial charge is 0.243 e. The molecule has 5 heteroatoms. The number of nitriles is 1. The maximum absolute atomic E-state index is 11.9. The fourth-order valence-electron chi connectivity index (χ4n) is 1.76. The molecule has 2 aromatic carbocycles. The molecule has 4 nitrogen and oxygen atoms in total. The minimum atomic E-state index is -0.183. The first-order chi connectivity index (χ1) is 10.1. The molecule has 2 rings (SSSR count). The Kier molecular flexibility index (Phi) is 4.81. The lowest BCUT2D eigenvalue weighted by Gasteiger charge is -2.09. The third kappa shape index (κ3) is 4.23. The first-order valence-electron chi connectivity index (χ1n) is 6.38. The molecule has 2 aromatic rings. The van der Waals surface area contributed by atoms with Crippen LogP contribution >= 0.6 is 11.6 Å². The molecule has 106 valence electrons. The largest absolute Gasteiger partial charge is 0.376 e.